The van der Waals surface area contributed by atoms with Crippen LogP contribution in [0.5, 0.6) is 0 Å². The van der Waals surface area contributed by atoms with E-state index in [0.29, 0.717) is 11.4 Å². The lowest BCUT2D eigenvalue weighted by atomic mass is 9.84. The van der Waals surface area contributed by atoms with Crippen molar-refractivity contribution in [2.24, 2.45) is 0 Å². The molecule has 0 radical (unpaired) electrons. The van der Waals surface area contributed by atoms with Crippen LogP contribution in [0.1, 0.15) is 11.1 Å². The summed E-state index contributed by atoms with van der Waals surface area (Å²) in [4.78, 5) is 3.48. The zero-order valence-electron chi connectivity index (χ0n) is 15.0. The van der Waals surface area contributed by atoms with Gasteiger partial charge in [-0.15, -0.1) is 0 Å². The molecule has 0 bridgehead atoms. The number of halogens is 2. The third kappa shape index (κ3) is 2.77. The van der Waals surface area contributed by atoms with E-state index in [9.17, 15) is 19.0 Å². The molecule has 0 aromatic heterocycles. The Kier molecular flexibility index (Phi) is 4.36. The van der Waals surface area contributed by atoms with Crippen LogP contribution in [0.4, 0.5) is 20.2 Å². The van der Waals surface area contributed by atoms with Crippen LogP contribution >= 0.6 is 0 Å². The Morgan fingerprint density at radius 3 is 1.27 bits per heavy atom. The quantitative estimate of drug-likeness (QED) is 0.853. The third-order valence-corrected chi connectivity index (χ3v) is 4.42. The highest BCUT2D eigenvalue weighted by Gasteiger charge is 2.34. The predicted molar refractivity (Wildman–Crippen MR) is 101 cm³/mol. The average Bonchev–Trinajstić information content (AvgIpc) is 2.58. The first-order valence-electron chi connectivity index (χ1n) is 8.04. The van der Waals surface area contributed by atoms with Gasteiger partial charge in [-0.05, 0) is 36.4 Å². The van der Waals surface area contributed by atoms with Crippen molar-refractivity contribution in [1.82, 2.24) is 0 Å². The largest absolute Gasteiger partial charge is 0.506 e. The van der Waals surface area contributed by atoms with Crippen LogP contribution in [0.3, 0.4) is 0 Å². The molecule has 26 heavy (non-hydrogen) atoms. The molecule has 1 aliphatic rings. The molecule has 0 saturated heterocycles. The zero-order valence-corrected chi connectivity index (χ0v) is 15.0. The molecule has 0 fully saturated rings. The van der Waals surface area contributed by atoms with Gasteiger partial charge < -0.3 is 20.0 Å². The number of rotatable bonds is 4. The first-order valence-corrected chi connectivity index (χ1v) is 8.04. The molecule has 2 N–H and O–H groups in total. The average molecular weight is 358 g/mol. The van der Waals surface area contributed by atoms with Gasteiger partial charge in [0.25, 0.3) is 0 Å². The molecular weight excluding hydrogens is 338 g/mol. The fourth-order valence-electron chi connectivity index (χ4n) is 2.89. The zero-order chi connectivity index (χ0) is 19.2. The highest BCUT2D eigenvalue weighted by molar-refractivity contribution is 6.06. The normalized spacial score (nSPS) is 13.8. The van der Waals surface area contributed by atoms with E-state index >= 15 is 0 Å². The van der Waals surface area contributed by atoms with Gasteiger partial charge in [0.15, 0.2) is 0 Å². The van der Waals surface area contributed by atoms with Gasteiger partial charge in [0.1, 0.15) is 23.2 Å². The van der Waals surface area contributed by atoms with Gasteiger partial charge in [-0.3, -0.25) is 0 Å². The number of aliphatic hydroxyl groups is 2. The van der Waals surface area contributed by atoms with Crippen molar-refractivity contribution in [2.45, 2.75) is 0 Å². The Morgan fingerprint density at radius 1 is 0.654 bits per heavy atom. The van der Waals surface area contributed by atoms with Crippen molar-refractivity contribution in [2.75, 3.05) is 38.0 Å². The van der Waals surface area contributed by atoms with Crippen molar-refractivity contribution in [3.63, 3.8) is 0 Å². The van der Waals surface area contributed by atoms with E-state index < -0.39 is 11.6 Å². The van der Waals surface area contributed by atoms with E-state index in [-0.39, 0.29) is 33.8 Å². The number of nitrogens with zero attached hydrogens (tertiary/aromatic N) is 2. The highest BCUT2D eigenvalue weighted by atomic mass is 19.1. The van der Waals surface area contributed by atoms with Crippen molar-refractivity contribution in [1.29, 1.82) is 0 Å². The Balaban J connectivity index is 1.99. The van der Waals surface area contributed by atoms with Crippen molar-refractivity contribution >= 4 is 22.5 Å². The molecule has 1 aliphatic carbocycles. The molecule has 3 rings (SSSR count). The molecule has 0 amide bonds. The number of hydrogen-bond donors (Lipinski definition) is 2. The van der Waals surface area contributed by atoms with Crippen LogP contribution in [-0.2, 0) is 0 Å². The lowest BCUT2D eigenvalue weighted by Gasteiger charge is -2.25. The molecule has 0 unspecified atom stereocenters. The molecule has 2 aromatic rings. The van der Waals surface area contributed by atoms with E-state index in [1.807, 2.05) is 0 Å². The molecule has 136 valence electrons. The first kappa shape index (κ1) is 17.8. The number of benzene rings is 2. The minimum atomic E-state index is -0.577. The number of anilines is 2. The summed E-state index contributed by atoms with van der Waals surface area (Å²) >= 11 is 0. The van der Waals surface area contributed by atoms with E-state index in [1.54, 1.807) is 50.1 Å². The SMILES string of the molecule is CN(C)c1ccc(C2=C(O)C(c3ccc(N(C)C)cc3F)=C2O)c(F)c1. The van der Waals surface area contributed by atoms with Gasteiger partial charge in [-0.2, -0.15) is 0 Å². The fourth-order valence-corrected chi connectivity index (χ4v) is 2.89. The lowest BCUT2D eigenvalue weighted by Crippen LogP contribution is -2.14. The molecule has 0 saturated carbocycles. The van der Waals surface area contributed by atoms with Crippen molar-refractivity contribution in [3.8, 4) is 0 Å². The Hall–Kier alpha value is -3.02. The molecule has 0 aliphatic heterocycles. The van der Waals surface area contributed by atoms with Gasteiger partial charge in [-0.1, -0.05) is 0 Å². The summed E-state index contributed by atoms with van der Waals surface area (Å²) in [5, 5.41) is 20.7. The summed E-state index contributed by atoms with van der Waals surface area (Å²) in [5.74, 6) is -1.80. The highest BCUT2D eigenvalue weighted by Crippen LogP contribution is 2.46. The molecule has 6 heteroatoms. The minimum absolute atomic E-state index is 0.0149. The molecule has 4 nitrogen and oxygen atoms in total. The minimum Gasteiger partial charge on any atom is -0.506 e. The van der Waals surface area contributed by atoms with Crippen LogP contribution in [-0.4, -0.2) is 38.4 Å². The Morgan fingerprint density at radius 2 is 1.00 bits per heavy atom. The maximum absolute atomic E-state index is 14.4. The van der Waals surface area contributed by atoms with Crippen LogP contribution in [0, 0.1) is 11.6 Å². The summed E-state index contributed by atoms with van der Waals surface area (Å²) in [6, 6.07) is 8.94. The summed E-state index contributed by atoms with van der Waals surface area (Å²) < 4.78 is 28.8. The van der Waals surface area contributed by atoms with Gasteiger partial charge in [0.05, 0.1) is 11.1 Å². The summed E-state index contributed by atoms with van der Waals surface area (Å²) in [5.41, 5.74) is 1.41. The van der Waals surface area contributed by atoms with Crippen molar-refractivity contribution in [3.05, 3.63) is 70.7 Å². The topological polar surface area (TPSA) is 46.9 Å². The number of aliphatic hydroxyl groups excluding tert-OH is 2. The second-order valence-electron chi connectivity index (χ2n) is 6.56. The summed E-state index contributed by atoms with van der Waals surface area (Å²) in [6.45, 7) is 0. The Bertz CT molecular complexity index is 858. The van der Waals surface area contributed by atoms with Gasteiger partial charge in [-0.25, -0.2) is 8.78 Å². The third-order valence-electron chi connectivity index (χ3n) is 4.42. The number of allylic oxidation sites excluding steroid dienone is 2. The van der Waals surface area contributed by atoms with E-state index in [1.165, 1.54) is 24.3 Å². The van der Waals surface area contributed by atoms with Crippen LogP contribution in [0.15, 0.2) is 47.9 Å². The molecule has 0 spiro atoms. The van der Waals surface area contributed by atoms with Crippen LogP contribution < -0.4 is 9.80 Å². The van der Waals surface area contributed by atoms with E-state index in [4.69, 9.17) is 0 Å². The summed E-state index contributed by atoms with van der Waals surface area (Å²) in [7, 11) is 7.13. The second-order valence-corrected chi connectivity index (χ2v) is 6.56. The van der Waals surface area contributed by atoms with Crippen molar-refractivity contribution < 1.29 is 19.0 Å². The maximum atomic E-state index is 14.4. The molecule has 0 heterocycles. The smallest absolute Gasteiger partial charge is 0.138 e. The molecular formula is C20H20F2N2O2. The lowest BCUT2D eigenvalue weighted by molar-refractivity contribution is 0.388. The van der Waals surface area contributed by atoms with E-state index in [0.717, 1.165) is 0 Å². The van der Waals surface area contributed by atoms with Gasteiger partial charge in [0, 0.05) is 50.7 Å². The maximum Gasteiger partial charge on any atom is 0.138 e. The van der Waals surface area contributed by atoms with Crippen LogP contribution in [0.25, 0.3) is 11.1 Å². The van der Waals surface area contributed by atoms with E-state index in [2.05, 4.69) is 0 Å². The second kappa shape index (κ2) is 6.37. The van der Waals surface area contributed by atoms with Gasteiger partial charge in [0.2, 0.25) is 0 Å². The predicted octanol–water partition coefficient (Wildman–Crippen LogP) is 4.35. The molecule has 0 atom stereocenters. The van der Waals surface area contributed by atoms with Gasteiger partial charge >= 0.3 is 0 Å². The summed E-state index contributed by atoms with van der Waals surface area (Å²) in [6.07, 6.45) is 0. The standard InChI is InChI=1S/C20H20F2N2O2/c1-23(2)11-5-7-13(15(21)9-11)17-19(25)18(20(17)26)14-8-6-12(24(3)4)10-16(14)22/h5-10,25-26H,1-4H3. The monoisotopic (exact) mass is 358 g/mol. The first-order chi connectivity index (χ1) is 12.2. The molecule has 2 aromatic carbocycles. The van der Waals surface area contributed by atoms with Crippen LogP contribution in [0.2, 0.25) is 0 Å². The fraction of sp³-hybridized carbons (Fsp3) is 0.200. The number of hydrogen-bond acceptors (Lipinski definition) is 4. The Labute approximate surface area is 150 Å².